The molecule has 276 valence electrons. The van der Waals surface area contributed by atoms with Crippen molar-refractivity contribution in [1.82, 2.24) is 24.6 Å². The molecule has 0 amide bonds. The number of aliphatic hydroxyl groups excluding tert-OH is 1. The lowest BCUT2D eigenvalue weighted by Gasteiger charge is -2.28. The lowest BCUT2D eigenvalue weighted by atomic mass is 9.96. The number of nitrogens with one attached hydrogen (secondary N) is 1. The summed E-state index contributed by atoms with van der Waals surface area (Å²) in [6, 6.07) is 19.9. The van der Waals surface area contributed by atoms with Gasteiger partial charge in [0.25, 0.3) is 0 Å². The number of benzene rings is 3. The van der Waals surface area contributed by atoms with E-state index in [0.29, 0.717) is 14.8 Å². The van der Waals surface area contributed by atoms with E-state index in [-0.39, 0.29) is 40.8 Å². The normalized spacial score (nSPS) is 22.3. The highest BCUT2D eigenvalue weighted by molar-refractivity contribution is 14.1. The predicted molar refractivity (Wildman–Crippen MR) is 200 cm³/mol. The highest BCUT2D eigenvalue weighted by atomic mass is 127. The fourth-order valence-electron chi connectivity index (χ4n) is 5.75. The van der Waals surface area contributed by atoms with Crippen molar-refractivity contribution in [3.63, 3.8) is 0 Å². The molecule has 0 spiro atoms. The zero-order valence-electron chi connectivity index (χ0n) is 29.1. The molecule has 52 heavy (non-hydrogen) atoms. The Morgan fingerprint density at radius 3 is 2.50 bits per heavy atom. The first kappa shape index (κ1) is 37.8. The smallest absolute Gasteiger partial charge is 0.459 e. The molecule has 5 aromatic rings. The van der Waals surface area contributed by atoms with Crippen LogP contribution < -0.4 is 20.1 Å². The van der Waals surface area contributed by atoms with Crippen molar-refractivity contribution in [1.29, 1.82) is 0 Å². The number of nitrogens with two attached hydrogens (primary N) is 1. The highest BCUT2D eigenvalue weighted by Crippen LogP contribution is 2.50. The number of methoxy groups -OCH3 is 1. The third kappa shape index (κ3) is 7.88. The Bertz CT molecular complexity index is 2120. The number of carbonyl (C=O) groups excluding carboxylic acids is 1. The Labute approximate surface area is 313 Å². The molecule has 1 aliphatic heterocycles. The predicted octanol–water partition coefficient (Wildman–Crippen LogP) is 5.31. The lowest BCUT2D eigenvalue weighted by molar-refractivity contribution is -0.148. The van der Waals surface area contributed by atoms with Gasteiger partial charge in [-0.15, -0.1) is 0 Å². The number of nitrogen functional groups attached to an aromatic ring is 1. The fraction of sp³-hybridized carbons (Fsp3) is 0.371. The zero-order chi connectivity index (χ0) is 37.4. The van der Waals surface area contributed by atoms with Gasteiger partial charge in [-0.1, -0.05) is 87.5 Å². The summed E-state index contributed by atoms with van der Waals surface area (Å²) in [4.78, 5) is 26.5. The van der Waals surface area contributed by atoms with Gasteiger partial charge in [0.15, 0.2) is 21.2 Å². The first-order valence-corrected chi connectivity index (χ1v) is 18.9. The van der Waals surface area contributed by atoms with Crippen molar-refractivity contribution in [2.24, 2.45) is 5.41 Å². The van der Waals surface area contributed by atoms with E-state index in [2.05, 4.69) is 20.0 Å². The third-order valence-corrected chi connectivity index (χ3v) is 10.6. The Morgan fingerprint density at radius 2 is 1.79 bits per heavy atom. The van der Waals surface area contributed by atoms with Crippen LogP contribution in [0.4, 0.5) is 5.95 Å². The number of anilines is 1. The second-order valence-electron chi connectivity index (χ2n) is 13.7. The largest absolute Gasteiger partial charge is 0.479 e. The molecule has 3 aromatic carbocycles. The van der Waals surface area contributed by atoms with E-state index in [4.69, 9.17) is 29.0 Å². The number of hydrogen-bond acceptors (Lipinski definition) is 13. The van der Waals surface area contributed by atoms with E-state index < -0.39 is 50.4 Å². The van der Waals surface area contributed by atoms with Crippen LogP contribution in [-0.2, 0) is 23.4 Å². The molecule has 6 atom stereocenters. The van der Waals surface area contributed by atoms with Gasteiger partial charge in [0.2, 0.25) is 11.8 Å². The quantitative estimate of drug-likeness (QED) is 0.0545. The molecule has 1 fully saturated rings. The Morgan fingerprint density at radius 1 is 1.10 bits per heavy atom. The maximum atomic E-state index is 15.0. The van der Waals surface area contributed by atoms with Gasteiger partial charge < -0.3 is 34.7 Å². The number of rotatable bonds is 12. The summed E-state index contributed by atoms with van der Waals surface area (Å²) < 4.78 is 46.2. The molecule has 6 rings (SSSR count). The topological polar surface area (TPSA) is 202 Å². The molecule has 5 N–H and O–H groups in total. The molecule has 15 nitrogen and oxygen atoms in total. The second-order valence-corrected chi connectivity index (χ2v) is 16.4. The molecule has 0 radical (unpaired) electrons. The SMILES string of the molecule is COc1nc(N)nc2c1nc(I)n2[C@@H]1O[C@H](COP(=O)(N[C@H](C(=O)OCC(C)(C)C)c2ccccc2)Oc2cccc3ccccc23)[C@@H](O)[C@@]1(C)O. The van der Waals surface area contributed by atoms with Crippen molar-refractivity contribution >= 4 is 64.2 Å². The summed E-state index contributed by atoms with van der Waals surface area (Å²) in [6.45, 7) is 6.69. The minimum atomic E-state index is -4.55. The molecule has 0 aliphatic carbocycles. The van der Waals surface area contributed by atoms with E-state index in [1.54, 1.807) is 48.5 Å². The van der Waals surface area contributed by atoms with Gasteiger partial charge in [-0.3, -0.25) is 9.09 Å². The van der Waals surface area contributed by atoms with Gasteiger partial charge in [-0.2, -0.15) is 15.1 Å². The van der Waals surface area contributed by atoms with Crippen LogP contribution in [0, 0.1) is 9.25 Å². The number of esters is 1. The van der Waals surface area contributed by atoms with Crippen LogP contribution in [-0.4, -0.2) is 73.8 Å². The summed E-state index contributed by atoms with van der Waals surface area (Å²) in [5, 5.41) is 27.4. The number of fused-ring (bicyclic) bond motifs is 2. The first-order valence-electron chi connectivity index (χ1n) is 16.3. The van der Waals surface area contributed by atoms with Crippen molar-refractivity contribution in [2.75, 3.05) is 26.1 Å². The number of aliphatic hydroxyl groups is 2. The number of nitrogens with zero attached hydrogens (tertiary/aromatic N) is 4. The molecule has 0 bridgehead atoms. The van der Waals surface area contributed by atoms with E-state index >= 15 is 0 Å². The van der Waals surface area contributed by atoms with E-state index in [1.165, 1.54) is 18.6 Å². The van der Waals surface area contributed by atoms with Crippen LogP contribution in [0.1, 0.15) is 45.5 Å². The van der Waals surface area contributed by atoms with E-state index in [1.807, 2.05) is 67.6 Å². The average Bonchev–Trinajstić information content (AvgIpc) is 3.55. The summed E-state index contributed by atoms with van der Waals surface area (Å²) in [5.41, 5.74) is 4.55. The molecule has 2 aromatic heterocycles. The highest BCUT2D eigenvalue weighted by Gasteiger charge is 2.55. The van der Waals surface area contributed by atoms with Crippen LogP contribution in [0.3, 0.4) is 0 Å². The minimum Gasteiger partial charge on any atom is -0.479 e. The van der Waals surface area contributed by atoms with Crippen molar-refractivity contribution in [3.8, 4) is 11.6 Å². The first-order chi connectivity index (χ1) is 24.6. The molecule has 1 aliphatic rings. The molecular formula is C35H40IN6O9P. The van der Waals surface area contributed by atoms with Crippen LogP contribution in [0.25, 0.3) is 21.9 Å². The van der Waals surface area contributed by atoms with Gasteiger partial charge in [0, 0.05) is 28.0 Å². The van der Waals surface area contributed by atoms with Gasteiger partial charge in [-0.25, -0.2) is 14.3 Å². The zero-order valence-corrected chi connectivity index (χ0v) is 32.1. The molecule has 1 unspecified atom stereocenters. The van der Waals surface area contributed by atoms with Crippen molar-refractivity contribution < 1.29 is 42.8 Å². The molecular weight excluding hydrogens is 806 g/mol. The molecule has 3 heterocycles. The molecule has 1 saturated heterocycles. The van der Waals surface area contributed by atoms with Crippen LogP contribution in [0.5, 0.6) is 11.6 Å². The van der Waals surface area contributed by atoms with Crippen LogP contribution in [0.15, 0.2) is 72.8 Å². The van der Waals surface area contributed by atoms with Gasteiger partial charge in [0.05, 0.1) is 20.3 Å². The van der Waals surface area contributed by atoms with Crippen LogP contribution >= 0.6 is 30.3 Å². The molecule has 17 heteroatoms. The fourth-order valence-corrected chi connectivity index (χ4v) is 7.98. The maximum absolute atomic E-state index is 15.0. The number of hydrogen-bond donors (Lipinski definition) is 4. The lowest BCUT2D eigenvalue weighted by Crippen LogP contribution is -2.44. The number of aromatic nitrogens is 4. The minimum absolute atomic E-state index is 0.0922. The van der Waals surface area contributed by atoms with Gasteiger partial charge in [0.1, 0.15) is 29.6 Å². The summed E-state index contributed by atoms with van der Waals surface area (Å²) in [5.74, 6) is -0.479. The number of ether oxygens (including phenoxy) is 3. The Kier molecular flexibility index (Phi) is 10.8. The van der Waals surface area contributed by atoms with Gasteiger partial charge >= 0.3 is 13.7 Å². The second kappa shape index (κ2) is 14.9. The monoisotopic (exact) mass is 846 g/mol. The number of carbonyl (C=O) groups is 1. The molecule has 0 saturated carbocycles. The number of imidazole rings is 1. The Hall–Kier alpha value is -3.90. The maximum Gasteiger partial charge on any atom is 0.459 e. The van der Waals surface area contributed by atoms with E-state index in [0.717, 1.165) is 5.39 Å². The van der Waals surface area contributed by atoms with Crippen LogP contribution in [0.2, 0.25) is 0 Å². The van der Waals surface area contributed by atoms with E-state index in [9.17, 15) is 19.6 Å². The van der Waals surface area contributed by atoms with Gasteiger partial charge in [-0.05, 0) is 29.4 Å². The average molecular weight is 847 g/mol. The standard InChI is InChI=1S/C35H40IN6O9P/c1-34(2,3)19-48-30(44)25(21-13-7-6-8-14-21)41-52(46,51-23-17-11-15-20-12-9-10-16-22(20)23)49-18-24-27(43)35(4,45)31(50-24)42-28-26(38-32(42)36)29(47-5)40-33(37)39-28/h6-17,24-25,27,31,43,45H,18-19H2,1-5H3,(H,41,46)(H2,37,39,40)/t24-,25+,27-,31-,35-,52?/m1/s1. The van der Waals surface area contributed by atoms with Crippen molar-refractivity contribution in [2.45, 2.75) is 57.8 Å². The Balaban J connectivity index is 1.34. The third-order valence-electron chi connectivity index (χ3n) is 8.34. The summed E-state index contributed by atoms with van der Waals surface area (Å²) >= 11 is 1.93. The summed E-state index contributed by atoms with van der Waals surface area (Å²) in [7, 11) is -3.14. The van der Waals surface area contributed by atoms with Crippen molar-refractivity contribution in [3.05, 3.63) is 82.2 Å². The number of halogens is 1. The summed E-state index contributed by atoms with van der Waals surface area (Å²) in [6.07, 6.45) is -4.09.